The van der Waals surface area contributed by atoms with Crippen LogP contribution in [0.15, 0.2) is 30.5 Å². The first-order chi connectivity index (χ1) is 18.8. The molecule has 5 unspecified atom stereocenters. The summed E-state index contributed by atoms with van der Waals surface area (Å²) in [6, 6.07) is 1.55. The third kappa shape index (κ3) is 9.08. The maximum atomic E-state index is 13.2. The van der Waals surface area contributed by atoms with E-state index in [1.54, 1.807) is 37.4 Å². The molecule has 14 nitrogen and oxygen atoms in total. The quantitative estimate of drug-likeness (QED) is 0.136. The van der Waals surface area contributed by atoms with Crippen LogP contribution in [0.5, 0.6) is 0 Å². The summed E-state index contributed by atoms with van der Waals surface area (Å²) in [5.74, 6) is -7.05. The molecule has 0 aliphatic heterocycles. The van der Waals surface area contributed by atoms with Crippen LogP contribution < -0.4 is 21.7 Å². The van der Waals surface area contributed by atoms with Crippen molar-refractivity contribution in [3.63, 3.8) is 0 Å². The second-order valence-electron chi connectivity index (χ2n) is 9.53. The molecule has 2 rings (SSSR count). The van der Waals surface area contributed by atoms with Gasteiger partial charge >= 0.3 is 17.9 Å². The fourth-order valence-electron chi connectivity index (χ4n) is 3.96. The summed E-state index contributed by atoms with van der Waals surface area (Å²) in [5.41, 5.74) is 7.25. The molecule has 0 bridgehead atoms. The predicted molar refractivity (Wildman–Crippen MR) is 142 cm³/mol. The summed E-state index contributed by atoms with van der Waals surface area (Å²) in [4.78, 5) is 76.1. The molecule has 3 amide bonds. The standard InChI is InChI=1S/C26H35N5O9/c1-3-13(2)22(27)25(38)31-19(11-21(34)35)24(37)30-18(10-14-12-28-16-7-5-4-6-15(14)16)23(36)29-17(26(39)40)8-9-20(32)33/h4-7,12-13,17-19,22,28H,3,8-11,27H2,1-2H3,(H,29,36)(H,30,37)(H,31,38)(H,32,33)(H,34,35)(H,39,40). The van der Waals surface area contributed by atoms with E-state index in [9.17, 15) is 39.0 Å². The lowest BCUT2D eigenvalue weighted by Crippen LogP contribution is -2.58. The number of hydrogen-bond acceptors (Lipinski definition) is 7. The number of fused-ring (bicyclic) bond motifs is 1. The molecular weight excluding hydrogens is 526 g/mol. The summed E-state index contributed by atoms with van der Waals surface area (Å²) in [7, 11) is 0. The number of H-pyrrole nitrogens is 1. The monoisotopic (exact) mass is 561 g/mol. The van der Waals surface area contributed by atoms with E-state index in [1.165, 1.54) is 0 Å². The Morgan fingerprint density at radius 3 is 2.08 bits per heavy atom. The maximum absolute atomic E-state index is 13.2. The molecule has 2 aromatic rings. The zero-order valence-corrected chi connectivity index (χ0v) is 22.2. The number of nitrogens with two attached hydrogens (primary N) is 1. The van der Waals surface area contributed by atoms with Crippen LogP contribution in [-0.2, 0) is 35.2 Å². The molecule has 1 aromatic carbocycles. The van der Waals surface area contributed by atoms with E-state index in [0.717, 1.165) is 10.9 Å². The van der Waals surface area contributed by atoms with Crippen molar-refractivity contribution in [1.29, 1.82) is 0 Å². The van der Waals surface area contributed by atoms with E-state index in [0.29, 0.717) is 12.0 Å². The number of benzene rings is 1. The number of nitrogens with one attached hydrogen (secondary N) is 4. The highest BCUT2D eigenvalue weighted by atomic mass is 16.4. The molecule has 0 aliphatic carbocycles. The van der Waals surface area contributed by atoms with E-state index >= 15 is 0 Å². The zero-order valence-electron chi connectivity index (χ0n) is 22.2. The average molecular weight is 562 g/mol. The Bertz CT molecular complexity index is 1240. The highest BCUT2D eigenvalue weighted by molar-refractivity contribution is 5.96. The maximum Gasteiger partial charge on any atom is 0.326 e. The number of carbonyl (C=O) groups is 6. The van der Waals surface area contributed by atoms with Gasteiger partial charge in [0.15, 0.2) is 0 Å². The summed E-state index contributed by atoms with van der Waals surface area (Å²) >= 11 is 0. The molecular formula is C26H35N5O9. The first-order valence-corrected chi connectivity index (χ1v) is 12.7. The minimum atomic E-state index is -1.58. The lowest BCUT2D eigenvalue weighted by molar-refractivity contribution is -0.144. The molecule has 0 fully saturated rings. The number of aromatic amines is 1. The van der Waals surface area contributed by atoms with Crippen LogP contribution in [0.1, 0.15) is 45.1 Å². The number of amides is 3. The number of hydrogen-bond donors (Lipinski definition) is 8. The normalized spacial score (nSPS) is 14.8. The van der Waals surface area contributed by atoms with Gasteiger partial charge in [0.05, 0.1) is 12.5 Å². The minimum Gasteiger partial charge on any atom is -0.481 e. The molecule has 0 radical (unpaired) electrons. The molecule has 0 saturated carbocycles. The first-order valence-electron chi connectivity index (χ1n) is 12.7. The molecule has 9 N–H and O–H groups in total. The van der Waals surface area contributed by atoms with Crippen molar-refractivity contribution in [3.8, 4) is 0 Å². The SMILES string of the molecule is CCC(C)C(N)C(=O)NC(CC(=O)O)C(=O)NC(Cc1c[nH]c2ccccc12)C(=O)NC(CCC(=O)O)C(=O)O. The van der Waals surface area contributed by atoms with E-state index in [2.05, 4.69) is 20.9 Å². The minimum absolute atomic E-state index is 0.132. The fraction of sp³-hybridized carbons (Fsp3) is 0.462. The third-order valence-corrected chi connectivity index (χ3v) is 6.56. The Hall–Kier alpha value is -4.46. The highest BCUT2D eigenvalue weighted by Gasteiger charge is 2.32. The van der Waals surface area contributed by atoms with E-state index in [4.69, 9.17) is 10.8 Å². The number of aliphatic carboxylic acids is 3. The van der Waals surface area contributed by atoms with Crippen molar-refractivity contribution in [2.24, 2.45) is 11.7 Å². The van der Waals surface area contributed by atoms with Crippen LogP contribution in [-0.4, -0.2) is 80.1 Å². The van der Waals surface area contributed by atoms with Crippen molar-refractivity contribution < 1.29 is 44.1 Å². The highest BCUT2D eigenvalue weighted by Crippen LogP contribution is 2.19. The molecule has 0 spiro atoms. The Labute approximate surface area is 229 Å². The summed E-state index contributed by atoms with van der Waals surface area (Å²) in [6.07, 6.45) is 0.298. The molecule has 5 atom stereocenters. The lowest BCUT2D eigenvalue weighted by atomic mass is 9.98. The van der Waals surface area contributed by atoms with Crippen molar-refractivity contribution >= 4 is 46.5 Å². The lowest BCUT2D eigenvalue weighted by Gasteiger charge is -2.25. The number of aromatic nitrogens is 1. The fourth-order valence-corrected chi connectivity index (χ4v) is 3.96. The molecule has 14 heteroatoms. The van der Waals surface area contributed by atoms with Crippen LogP contribution in [0.4, 0.5) is 0 Å². The van der Waals surface area contributed by atoms with E-state index in [1.807, 2.05) is 6.92 Å². The summed E-state index contributed by atoms with van der Waals surface area (Å²) < 4.78 is 0. The van der Waals surface area contributed by atoms with Crippen LogP contribution in [0.25, 0.3) is 10.9 Å². The molecule has 0 saturated heterocycles. The van der Waals surface area contributed by atoms with Gasteiger partial charge in [0.2, 0.25) is 17.7 Å². The van der Waals surface area contributed by atoms with Crippen LogP contribution in [0.2, 0.25) is 0 Å². The average Bonchev–Trinajstić information content (AvgIpc) is 3.31. The van der Waals surface area contributed by atoms with Gasteiger partial charge in [-0.3, -0.25) is 24.0 Å². The van der Waals surface area contributed by atoms with Gasteiger partial charge < -0.3 is 42.0 Å². The second-order valence-corrected chi connectivity index (χ2v) is 9.53. The Morgan fingerprint density at radius 1 is 0.875 bits per heavy atom. The van der Waals surface area contributed by atoms with Gasteiger partial charge in [-0.05, 0) is 24.0 Å². The van der Waals surface area contributed by atoms with Gasteiger partial charge in [0, 0.05) is 29.9 Å². The third-order valence-electron chi connectivity index (χ3n) is 6.56. The van der Waals surface area contributed by atoms with Crippen LogP contribution in [0, 0.1) is 5.92 Å². The molecule has 1 aromatic heterocycles. The van der Waals surface area contributed by atoms with Gasteiger partial charge in [-0.1, -0.05) is 38.5 Å². The van der Waals surface area contributed by atoms with E-state index in [-0.39, 0.29) is 12.3 Å². The van der Waals surface area contributed by atoms with Crippen LogP contribution in [0.3, 0.4) is 0 Å². The molecule has 1 heterocycles. The molecule has 40 heavy (non-hydrogen) atoms. The Kier molecular flexibility index (Phi) is 11.6. The van der Waals surface area contributed by atoms with Gasteiger partial charge in [-0.15, -0.1) is 0 Å². The van der Waals surface area contributed by atoms with Crippen molar-refractivity contribution in [3.05, 3.63) is 36.0 Å². The molecule has 0 aliphatic rings. The van der Waals surface area contributed by atoms with Crippen molar-refractivity contribution in [1.82, 2.24) is 20.9 Å². The Morgan fingerprint density at radius 2 is 1.48 bits per heavy atom. The number of rotatable bonds is 16. The molecule has 218 valence electrons. The largest absolute Gasteiger partial charge is 0.481 e. The van der Waals surface area contributed by atoms with Gasteiger partial charge in [-0.25, -0.2) is 4.79 Å². The van der Waals surface area contributed by atoms with Crippen molar-refractivity contribution in [2.45, 2.75) is 70.1 Å². The predicted octanol–water partition coefficient (Wildman–Crippen LogP) is -0.0377. The summed E-state index contributed by atoms with van der Waals surface area (Å²) in [5, 5.41) is 35.5. The summed E-state index contributed by atoms with van der Waals surface area (Å²) in [6.45, 7) is 3.54. The number of carboxylic acid groups (broad SMARTS) is 3. The zero-order chi connectivity index (χ0) is 30.0. The van der Waals surface area contributed by atoms with Gasteiger partial charge in [0.1, 0.15) is 18.1 Å². The number of para-hydroxylation sites is 1. The number of carbonyl (C=O) groups excluding carboxylic acids is 3. The number of carboxylic acids is 3. The smallest absolute Gasteiger partial charge is 0.326 e. The second kappa shape index (κ2) is 14.6. The van der Waals surface area contributed by atoms with Gasteiger partial charge in [-0.2, -0.15) is 0 Å². The van der Waals surface area contributed by atoms with E-state index < -0.39 is 79.1 Å². The van der Waals surface area contributed by atoms with Gasteiger partial charge in [0.25, 0.3) is 0 Å². The Balaban J connectivity index is 2.34. The van der Waals surface area contributed by atoms with Crippen molar-refractivity contribution in [2.75, 3.05) is 0 Å². The van der Waals surface area contributed by atoms with Crippen LogP contribution >= 0.6 is 0 Å². The first kappa shape index (κ1) is 31.8. The topological polar surface area (TPSA) is 241 Å².